The molecule has 3 rings (SSSR count). The van der Waals surface area contributed by atoms with Crippen LogP contribution < -0.4 is 4.74 Å². The number of benzene rings is 2. The molecule has 0 amide bonds. The van der Waals surface area contributed by atoms with Crippen LogP contribution in [0, 0.1) is 0 Å². The second kappa shape index (κ2) is 5.47. The zero-order chi connectivity index (χ0) is 13.9. The summed E-state index contributed by atoms with van der Waals surface area (Å²) in [6.45, 7) is 0. The Kier molecular flexibility index (Phi) is 3.52. The van der Waals surface area contributed by atoms with E-state index in [2.05, 4.69) is 0 Å². The van der Waals surface area contributed by atoms with Gasteiger partial charge < -0.3 is 4.74 Å². The van der Waals surface area contributed by atoms with Gasteiger partial charge in [-0.2, -0.15) is 0 Å². The number of Topliss-reactive ketones (excluding diaryl/α,β-unsaturated/α-hetero) is 1. The monoisotopic (exact) mass is 282 g/mol. The molecular formula is C17H14O2S. The number of thiophene rings is 1. The van der Waals surface area contributed by atoms with Crippen molar-refractivity contribution in [3.05, 3.63) is 65.0 Å². The molecule has 0 aliphatic heterocycles. The van der Waals surface area contributed by atoms with Crippen LogP contribution in [0.2, 0.25) is 0 Å². The normalized spacial score (nSPS) is 10.7. The quantitative estimate of drug-likeness (QED) is 0.666. The Morgan fingerprint density at radius 1 is 1.10 bits per heavy atom. The van der Waals surface area contributed by atoms with E-state index in [4.69, 9.17) is 4.74 Å². The molecule has 2 nitrogen and oxygen atoms in total. The molecule has 1 heterocycles. The molecule has 0 atom stereocenters. The second-order valence-corrected chi connectivity index (χ2v) is 5.47. The summed E-state index contributed by atoms with van der Waals surface area (Å²) in [6.07, 6.45) is 0.366. The first-order valence-corrected chi connectivity index (χ1v) is 7.29. The van der Waals surface area contributed by atoms with E-state index in [1.807, 2.05) is 53.9 Å². The van der Waals surface area contributed by atoms with Crippen LogP contribution in [0.1, 0.15) is 15.9 Å². The van der Waals surface area contributed by atoms with Crippen LogP contribution in [0.15, 0.2) is 53.9 Å². The Labute approximate surface area is 121 Å². The summed E-state index contributed by atoms with van der Waals surface area (Å²) < 4.78 is 6.45. The third kappa shape index (κ3) is 2.32. The Morgan fingerprint density at radius 2 is 1.85 bits per heavy atom. The van der Waals surface area contributed by atoms with Crippen molar-refractivity contribution in [2.75, 3.05) is 7.11 Å². The number of hydrogen-bond acceptors (Lipinski definition) is 3. The molecule has 0 saturated carbocycles. The summed E-state index contributed by atoms with van der Waals surface area (Å²) in [5.74, 6) is 0.896. The van der Waals surface area contributed by atoms with E-state index in [-0.39, 0.29) is 5.78 Å². The fourth-order valence-corrected chi connectivity index (χ4v) is 3.28. The summed E-state index contributed by atoms with van der Waals surface area (Å²) >= 11 is 1.61. The van der Waals surface area contributed by atoms with Gasteiger partial charge >= 0.3 is 0 Å². The summed E-state index contributed by atoms with van der Waals surface area (Å²) in [7, 11) is 1.63. The largest absolute Gasteiger partial charge is 0.496 e. The first kappa shape index (κ1) is 12.9. The van der Waals surface area contributed by atoms with E-state index in [1.54, 1.807) is 18.4 Å². The molecule has 0 fully saturated rings. The summed E-state index contributed by atoms with van der Waals surface area (Å²) in [6, 6.07) is 15.7. The molecule has 0 spiro atoms. The molecule has 0 saturated heterocycles. The SMILES string of the molecule is COc1ccccc1CC(=O)c1csc2ccccc12. The Balaban J connectivity index is 1.93. The molecule has 3 heteroatoms. The molecule has 100 valence electrons. The average Bonchev–Trinajstić information content (AvgIpc) is 2.92. The van der Waals surface area contributed by atoms with Gasteiger partial charge in [-0.05, 0) is 12.1 Å². The molecule has 0 bridgehead atoms. The lowest BCUT2D eigenvalue weighted by atomic mass is 10.0. The highest BCUT2D eigenvalue weighted by Crippen LogP contribution is 2.28. The van der Waals surface area contributed by atoms with Crippen LogP contribution in [0.4, 0.5) is 0 Å². The third-order valence-corrected chi connectivity index (χ3v) is 4.29. The number of ether oxygens (including phenoxy) is 1. The molecule has 0 aliphatic carbocycles. The number of hydrogen-bond donors (Lipinski definition) is 0. The minimum atomic E-state index is 0.131. The topological polar surface area (TPSA) is 26.3 Å². The molecule has 0 unspecified atom stereocenters. The van der Waals surface area contributed by atoms with Gasteiger partial charge in [0, 0.05) is 33.0 Å². The highest BCUT2D eigenvalue weighted by atomic mass is 32.1. The number of methoxy groups -OCH3 is 1. The van der Waals surface area contributed by atoms with Crippen LogP contribution >= 0.6 is 11.3 Å². The predicted octanol–water partition coefficient (Wildman–Crippen LogP) is 4.34. The lowest BCUT2D eigenvalue weighted by Crippen LogP contribution is -2.04. The summed E-state index contributed by atoms with van der Waals surface area (Å²) in [5.41, 5.74) is 1.73. The Bertz CT molecular complexity index is 758. The van der Waals surface area contributed by atoms with Crippen LogP contribution in [-0.4, -0.2) is 12.9 Å². The van der Waals surface area contributed by atoms with Gasteiger partial charge in [-0.1, -0.05) is 36.4 Å². The maximum atomic E-state index is 12.5. The molecule has 20 heavy (non-hydrogen) atoms. The fourth-order valence-electron chi connectivity index (χ4n) is 2.31. The molecular weight excluding hydrogens is 268 g/mol. The predicted molar refractivity (Wildman–Crippen MR) is 82.9 cm³/mol. The summed E-state index contributed by atoms with van der Waals surface area (Å²) in [4.78, 5) is 12.5. The van der Waals surface area contributed by atoms with Crippen LogP contribution in [0.5, 0.6) is 5.75 Å². The highest BCUT2D eigenvalue weighted by Gasteiger charge is 2.14. The van der Waals surface area contributed by atoms with Gasteiger partial charge in [0.25, 0.3) is 0 Å². The lowest BCUT2D eigenvalue weighted by Gasteiger charge is -2.07. The van der Waals surface area contributed by atoms with Crippen LogP contribution in [0.25, 0.3) is 10.1 Å². The Morgan fingerprint density at radius 3 is 2.70 bits per heavy atom. The van der Waals surface area contributed by atoms with Gasteiger partial charge in [-0.15, -0.1) is 11.3 Å². The highest BCUT2D eigenvalue weighted by molar-refractivity contribution is 7.17. The van der Waals surface area contributed by atoms with Gasteiger partial charge in [0.1, 0.15) is 5.75 Å². The van der Waals surface area contributed by atoms with E-state index in [9.17, 15) is 4.79 Å². The van der Waals surface area contributed by atoms with Gasteiger partial charge in [0.05, 0.1) is 7.11 Å². The number of carbonyl (C=O) groups excluding carboxylic acids is 1. The van der Waals surface area contributed by atoms with Crippen LogP contribution in [0.3, 0.4) is 0 Å². The van der Waals surface area contributed by atoms with Crippen molar-refractivity contribution in [1.29, 1.82) is 0 Å². The van der Waals surface area contributed by atoms with E-state index < -0.39 is 0 Å². The first-order valence-electron chi connectivity index (χ1n) is 6.41. The second-order valence-electron chi connectivity index (χ2n) is 4.56. The van der Waals surface area contributed by atoms with Crippen molar-refractivity contribution in [3.63, 3.8) is 0 Å². The Hall–Kier alpha value is -2.13. The van der Waals surface area contributed by atoms with Crippen molar-refractivity contribution in [3.8, 4) is 5.75 Å². The van der Waals surface area contributed by atoms with Gasteiger partial charge in [0.2, 0.25) is 0 Å². The third-order valence-electron chi connectivity index (χ3n) is 3.32. The fraction of sp³-hybridized carbons (Fsp3) is 0.118. The van der Waals surface area contributed by atoms with Crippen molar-refractivity contribution in [2.45, 2.75) is 6.42 Å². The zero-order valence-corrected chi connectivity index (χ0v) is 11.9. The maximum absolute atomic E-state index is 12.5. The van der Waals surface area contributed by atoms with Crippen molar-refractivity contribution >= 4 is 27.2 Å². The van der Waals surface area contributed by atoms with E-state index in [1.165, 1.54) is 0 Å². The molecule has 0 aliphatic rings. The molecule has 1 aromatic heterocycles. The minimum Gasteiger partial charge on any atom is -0.496 e. The van der Waals surface area contributed by atoms with Crippen LogP contribution in [-0.2, 0) is 6.42 Å². The average molecular weight is 282 g/mol. The van der Waals surface area contributed by atoms with E-state index in [0.717, 1.165) is 27.0 Å². The maximum Gasteiger partial charge on any atom is 0.168 e. The number of para-hydroxylation sites is 1. The van der Waals surface area contributed by atoms with Crippen molar-refractivity contribution in [2.24, 2.45) is 0 Å². The molecule has 0 radical (unpaired) electrons. The first-order chi connectivity index (χ1) is 9.79. The zero-order valence-electron chi connectivity index (χ0n) is 11.1. The van der Waals surface area contributed by atoms with Crippen molar-refractivity contribution in [1.82, 2.24) is 0 Å². The standard InChI is InChI=1S/C17H14O2S/c1-19-16-8-4-2-6-12(16)10-15(18)14-11-20-17-9-5-3-7-13(14)17/h2-9,11H,10H2,1H3. The molecule has 0 N–H and O–H groups in total. The molecule has 2 aromatic carbocycles. The van der Waals surface area contributed by atoms with Gasteiger partial charge in [-0.25, -0.2) is 0 Å². The van der Waals surface area contributed by atoms with E-state index >= 15 is 0 Å². The number of fused-ring (bicyclic) bond motifs is 1. The van der Waals surface area contributed by atoms with Gasteiger partial charge in [-0.3, -0.25) is 4.79 Å². The number of rotatable bonds is 4. The number of ketones is 1. The smallest absolute Gasteiger partial charge is 0.168 e. The summed E-state index contributed by atoms with van der Waals surface area (Å²) in [5, 5.41) is 2.99. The molecule has 3 aromatic rings. The number of carbonyl (C=O) groups is 1. The lowest BCUT2D eigenvalue weighted by molar-refractivity contribution is 0.0994. The minimum absolute atomic E-state index is 0.131. The van der Waals surface area contributed by atoms with E-state index in [0.29, 0.717) is 6.42 Å². The van der Waals surface area contributed by atoms with Gasteiger partial charge in [0.15, 0.2) is 5.78 Å². The van der Waals surface area contributed by atoms with Crippen molar-refractivity contribution < 1.29 is 9.53 Å².